The second-order valence-electron chi connectivity index (χ2n) is 5.71. The summed E-state index contributed by atoms with van der Waals surface area (Å²) >= 11 is 0. The van der Waals surface area contributed by atoms with Gasteiger partial charge in [0.05, 0.1) is 0 Å². The van der Waals surface area contributed by atoms with E-state index in [1.165, 1.54) is 12.3 Å². The van der Waals surface area contributed by atoms with Gasteiger partial charge in [-0.2, -0.15) is 5.10 Å². The summed E-state index contributed by atoms with van der Waals surface area (Å²) in [5, 5.41) is 6.83. The van der Waals surface area contributed by atoms with E-state index in [0.29, 0.717) is 6.01 Å². The first-order chi connectivity index (χ1) is 11.7. The quantitative estimate of drug-likeness (QED) is 0.859. The monoisotopic (exact) mass is 329 g/mol. The van der Waals surface area contributed by atoms with Gasteiger partial charge in [-0.25, -0.2) is 14.6 Å². The summed E-state index contributed by atoms with van der Waals surface area (Å²) in [6.07, 6.45) is 8.14. The Morgan fingerprint density at radius 2 is 1.92 bits per heavy atom. The second-order valence-corrected chi connectivity index (χ2v) is 5.71. The summed E-state index contributed by atoms with van der Waals surface area (Å²) in [5.41, 5.74) is -0.285. The number of nitrogens with one attached hydrogen (secondary N) is 1. The maximum atomic E-state index is 12.0. The molecule has 0 aliphatic heterocycles. The number of nitrogens with zero attached hydrogens (tertiary/aromatic N) is 4. The zero-order valence-corrected chi connectivity index (χ0v) is 13.2. The SMILES string of the molecule is O=C(Cn1ncccc1=O)NC1CCC(Oc2ncccn2)CC1. The molecule has 8 nitrogen and oxygen atoms in total. The summed E-state index contributed by atoms with van der Waals surface area (Å²) in [7, 11) is 0. The molecule has 1 amide bonds. The van der Waals surface area contributed by atoms with Gasteiger partial charge in [-0.3, -0.25) is 9.59 Å². The number of hydrogen-bond donors (Lipinski definition) is 1. The fraction of sp³-hybridized carbons (Fsp3) is 0.438. The first kappa shape index (κ1) is 16.1. The fourth-order valence-electron chi connectivity index (χ4n) is 2.74. The molecule has 0 spiro atoms. The van der Waals surface area contributed by atoms with Crippen molar-refractivity contribution in [3.63, 3.8) is 0 Å². The first-order valence-corrected chi connectivity index (χ1v) is 7.96. The van der Waals surface area contributed by atoms with Crippen molar-refractivity contribution in [1.82, 2.24) is 25.1 Å². The highest BCUT2D eigenvalue weighted by atomic mass is 16.5. The van der Waals surface area contributed by atoms with E-state index in [0.717, 1.165) is 30.4 Å². The summed E-state index contributed by atoms with van der Waals surface area (Å²) < 4.78 is 6.88. The smallest absolute Gasteiger partial charge is 0.316 e. The van der Waals surface area contributed by atoms with Gasteiger partial charge in [-0.1, -0.05) is 0 Å². The average Bonchev–Trinajstić information content (AvgIpc) is 2.60. The highest BCUT2D eigenvalue weighted by Gasteiger charge is 2.24. The van der Waals surface area contributed by atoms with E-state index >= 15 is 0 Å². The summed E-state index contributed by atoms with van der Waals surface area (Å²) in [6, 6.07) is 5.16. The van der Waals surface area contributed by atoms with Crippen molar-refractivity contribution in [3.05, 3.63) is 47.1 Å². The normalized spacial score (nSPS) is 20.3. The zero-order valence-electron chi connectivity index (χ0n) is 13.2. The molecular weight excluding hydrogens is 310 g/mol. The van der Waals surface area contributed by atoms with Crippen LogP contribution < -0.4 is 15.6 Å². The molecule has 126 valence electrons. The zero-order chi connectivity index (χ0) is 16.8. The topological polar surface area (TPSA) is 99.0 Å². The molecule has 1 saturated carbocycles. The minimum absolute atomic E-state index is 0.0616. The number of carbonyl (C=O) groups excluding carboxylic acids is 1. The summed E-state index contributed by atoms with van der Waals surface area (Å²) in [6.45, 7) is -0.0616. The van der Waals surface area contributed by atoms with Crippen molar-refractivity contribution in [1.29, 1.82) is 0 Å². The average molecular weight is 329 g/mol. The van der Waals surface area contributed by atoms with E-state index in [1.54, 1.807) is 24.5 Å². The van der Waals surface area contributed by atoms with Crippen LogP contribution in [-0.2, 0) is 11.3 Å². The molecule has 2 aromatic heterocycles. The Balaban J connectivity index is 1.44. The van der Waals surface area contributed by atoms with Crippen LogP contribution in [0.5, 0.6) is 6.01 Å². The van der Waals surface area contributed by atoms with Gasteiger partial charge in [0, 0.05) is 30.7 Å². The predicted octanol–water partition coefficient (Wildman–Crippen LogP) is 0.540. The highest BCUT2D eigenvalue weighted by molar-refractivity contribution is 5.75. The number of ether oxygens (including phenoxy) is 1. The molecule has 0 radical (unpaired) electrons. The van der Waals surface area contributed by atoms with E-state index in [2.05, 4.69) is 20.4 Å². The Hall–Kier alpha value is -2.77. The third-order valence-corrected chi connectivity index (χ3v) is 3.93. The minimum atomic E-state index is -0.285. The van der Waals surface area contributed by atoms with Crippen molar-refractivity contribution >= 4 is 5.91 Å². The number of rotatable bonds is 5. The van der Waals surface area contributed by atoms with Gasteiger partial charge in [0.15, 0.2) is 0 Å². The van der Waals surface area contributed by atoms with Crippen LogP contribution in [0, 0.1) is 0 Å². The maximum absolute atomic E-state index is 12.0. The summed E-state index contributed by atoms with van der Waals surface area (Å²) in [5.74, 6) is -0.202. The van der Waals surface area contributed by atoms with Crippen LogP contribution in [0.4, 0.5) is 0 Å². The van der Waals surface area contributed by atoms with Gasteiger partial charge >= 0.3 is 6.01 Å². The van der Waals surface area contributed by atoms with Crippen LogP contribution in [0.25, 0.3) is 0 Å². The van der Waals surface area contributed by atoms with Crippen LogP contribution in [0.3, 0.4) is 0 Å². The Kier molecular flexibility index (Phi) is 5.15. The molecule has 2 aromatic rings. The van der Waals surface area contributed by atoms with Crippen LogP contribution in [0.2, 0.25) is 0 Å². The van der Waals surface area contributed by atoms with Gasteiger partial charge in [0.1, 0.15) is 12.6 Å². The molecular formula is C16H19N5O3. The molecule has 8 heteroatoms. The molecule has 3 rings (SSSR count). The lowest BCUT2D eigenvalue weighted by Gasteiger charge is -2.28. The largest absolute Gasteiger partial charge is 0.460 e. The standard InChI is InChI=1S/C16H19N5O3/c22-14(11-21-15(23)3-1-10-19-21)20-12-4-6-13(7-5-12)24-16-17-8-2-9-18-16/h1-3,8-10,12-13H,4-7,11H2,(H,20,22). The van der Waals surface area contributed by atoms with Crippen molar-refractivity contribution in [2.24, 2.45) is 0 Å². The maximum Gasteiger partial charge on any atom is 0.316 e. The summed E-state index contributed by atoms with van der Waals surface area (Å²) in [4.78, 5) is 31.7. The Labute approximate surface area is 138 Å². The molecule has 24 heavy (non-hydrogen) atoms. The van der Waals surface area contributed by atoms with E-state index < -0.39 is 0 Å². The van der Waals surface area contributed by atoms with Crippen LogP contribution >= 0.6 is 0 Å². The molecule has 1 aliphatic carbocycles. The Morgan fingerprint density at radius 1 is 1.17 bits per heavy atom. The van der Waals surface area contributed by atoms with Crippen molar-refractivity contribution in [2.75, 3.05) is 0 Å². The van der Waals surface area contributed by atoms with Crippen molar-refractivity contribution in [3.8, 4) is 6.01 Å². The molecule has 1 aliphatic rings. The van der Waals surface area contributed by atoms with Gasteiger partial charge in [-0.15, -0.1) is 0 Å². The van der Waals surface area contributed by atoms with E-state index in [9.17, 15) is 9.59 Å². The number of hydrogen-bond acceptors (Lipinski definition) is 6. The van der Waals surface area contributed by atoms with Gasteiger partial charge < -0.3 is 10.1 Å². The number of amides is 1. The Bertz CT molecular complexity index is 726. The lowest BCUT2D eigenvalue weighted by atomic mass is 9.93. The molecule has 0 saturated heterocycles. The van der Waals surface area contributed by atoms with Gasteiger partial charge in [0.25, 0.3) is 5.56 Å². The number of aromatic nitrogens is 4. The second kappa shape index (κ2) is 7.67. The molecule has 0 bridgehead atoms. The molecule has 0 unspecified atom stereocenters. The molecule has 0 atom stereocenters. The lowest BCUT2D eigenvalue weighted by Crippen LogP contribution is -2.42. The third-order valence-electron chi connectivity index (χ3n) is 3.93. The molecule has 2 heterocycles. The van der Waals surface area contributed by atoms with Gasteiger partial charge in [0.2, 0.25) is 5.91 Å². The molecule has 0 aromatic carbocycles. The van der Waals surface area contributed by atoms with Crippen molar-refractivity contribution in [2.45, 2.75) is 44.4 Å². The molecule has 1 N–H and O–H groups in total. The first-order valence-electron chi connectivity index (χ1n) is 7.96. The van der Waals surface area contributed by atoms with Crippen LogP contribution in [-0.4, -0.2) is 37.8 Å². The van der Waals surface area contributed by atoms with Crippen LogP contribution in [0.15, 0.2) is 41.6 Å². The number of carbonyl (C=O) groups is 1. The van der Waals surface area contributed by atoms with E-state index in [1.807, 2.05) is 0 Å². The van der Waals surface area contributed by atoms with Crippen molar-refractivity contribution < 1.29 is 9.53 Å². The Morgan fingerprint density at radius 3 is 2.62 bits per heavy atom. The van der Waals surface area contributed by atoms with E-state index in [-0.39, 0.29) is 30.2 Å². The molecule has 1 fully saturated rings. The lowest BCUT2D eigenvalue weighted by molar-refractivity contribution is -0.123. The van der Waals surface area contributed by atoms with Crippen LogP contribution in [0.1, 0.15) is 25.7 Å². The highest BCUT2D eigenvalue weighted by Crippen LogP contribution is 2.21. The van der Waals surface area contributed by atoms with E-state index in [4.69, 9.17) is 4.74 Å². The fourth-order valence-corrected chi connectivity index (χ4v) is 2.74. The third kappa shape index (κ3) is 4.37. The minimum Gasteiger partial charge on any atom is -0.460 e. The van der Waals surface area contributed by atoms with Gasteiger partial charge in [-0.05, 0) is 37.8 Å². The predicted molar refractivity (Wildman–Crippen MR) is 85.3 cm³/mol.